The second kappa shape index (κ2) is 6.40. The molecule has 0 radical (unpaired) electrons. The smallest absolute Gasteiger partial charge is 0.323 e. The molecule has 0 atom stereocenters. The van der Waals surface area contributed by atoms with E-state index in [-0.39, 0.29) is 16.0 Å². The first kappa shape index (κ1) is 16.5. The van der Waals surface area contributed by atoms with Crippen LogP contribution in [-0.2, 0) is 4.84 Å². The van der Waals surface area contributed by atoms with Gasteiger partial charge < -0.3 is 4.84 Å². The van der Waals surface area contributed by atoms with Crippen molar-refractivity contribution in [2.75, 3.05) is 0 Å². The SMILES string of the molecule is O=C(ON1C(=O)c2ccccc2C1=O)c1ccc(-c2cccc(Cl)c2)s1. The molecule has 4 rings (SSSR count). The van der Waals surface area contributed by atoms with Gasteiger partial charge >= 0.3 is 5.97 Å². The van der Waals surface area contributed by atoms with Gasteiger partial charge in [-0.1, -0.05) is 40.9 Å². The third kappa shape index (κ3) is 2.79. The van der Waals surface area contributed by atoms with Crippen LogP contribution in [0.15, 0.2) is 60.7 Å². The van der Waals surface area contributed by atoms with Crippen LogP contribution in [-0.4, -0.2) is 22.8 Å². The summed E-state index contributed by atoms with van der Waals surface area (Å²) in [7, 11) is 0. The van der Waals surface area contributed by atoms with Gasteiger partial charge in [-0.2, -0.15) is 0 Å². The predicted molar refractivity (Wildman–Crippen MR) is 97.1 cm³/mol. The van der Waals surface area contributed by atoms with Crippen molar-refractivity contribution in [2.24, 2.45) is 0 Å². The van der Waals surface area contributed by atoms with Crippen molar-refractivity contribution in [1.82, 2.24) is 5.06 Å². The third-order valence-electron chi connectivity index (χ3n) is 3.85. The van der Waals surface area contributed by atoms with Crippen molar-refractivity contribution in [2.45, 2.75) is 0 Å². The summed E-state index contributed by atoms with van der Waals surface area (Å²) in [5.74, 6) is -2.06. The topological polar surface area (TPSA) is 63.7 Å². The van der Waals surface area contributed by atoms with Gasteiger partial charge in [0.25, 0.3) is 11.8 Å². The van der Waals surface area contributed by atoms with Crippen LogP contribution in [0.4, 0.5) is 0 Å². The van der Waals surface area contributed by atoms with Gasteiger partial charge in [0.1, 0.15) is 4.88 Å². The van der Waals surface area contributed by atoms with Gasteiger partial charge in [-0.3, -0.25) is 9.59 Å². The molecule has 7 heteroatoms. The summed E-state index contributed by atoms with van der Waals surface area (Å²) in [5, 5.41) is 1.09. The summed E-state index contributed by atoms with van der Waals surface area (Å²) in [6, 6.07) is 16.9. The van der Waals surface area contributed by atoms with E-state index in [0.29, 0.717) is 10.1 Å². The normalized spacial score (nSPS) is 13.0. The lowest BCUT2D eigenvalue weighted by atomic mass is 10.1. The highest BCUT2D eigenvalue weighted by atomic mass is 35.5. The van der Waals surface area contributed by atoms with Crippen LogP contribution < -0.4 is 0 Å². The number of carbonyl (C=O) groups is 3. The van der Waals surface area contributed by atoms with Crippen molar-refractivity contribution in [3.8, 4) is 10.4 Å². The van der Waals surface area contributed by atoms with Gasteiger partial charge in [0.05, 0.1) is 11.1 Å². The largest absolute Gasteiger partial charge is 0.373 e. The Kier molecular flexibility index (Phi) is 4.06. The van der Waals surface area contributed by atoms with E-state index in [4.69, 9.17) is 16.4 Å². The summed E-state index contributed by atoms with van der Waals surface area (Å²) in [5.41, 5.74) is 1.30. The van der Waals surface area contributed by atoms with Crippen LogP contribution in [0.1, 0.15) is 30.4 Å². The quantitative estimate of drug-likeness (QED) is 0.627. The van der Waals surface area contributed by atoms with Crippen LogP contribution in [0.2, 0.25) is 5.02 Å². The molecule has 0 spiro atoms. The first-order chi connectivity index (χ1) is 12.5. The molecule has 2 heterocycles. The van der Waals surface area contributed by atoms with Crippen molar-refractivity contribution in [3.63, 3.8) is 0 Å². The monoisotopic (exact) mass is 383 g/mol. The first-order valence-corrected chi connectivity index (χ1v) is 8.80. The number of nitrogens with zero attached hydrogens (tertiary/aromatic N) is 1. The molecule has 3 aromatic rings. The maximum Gasteiger partial charge on any atom is 0.373 e. The predicted octanol–water partition coefficient (Wildman–Crippen LogP) is 4.44. The average Bonchev–Trinajstić information content (AvgIpc) is 3.22. The number of amides is 2. The van der Waals surface area contributed by atoms with Crippen molar-refractivity contribution in [3.05, 3.63) is 81.7 Å². The minimum Gasteiger partial charge on any atom is -0.323 e. The number of thiophene rings is 1. The molecule has 2 aromatic carbocycles. The van der Waals surface area contributed by atoms with E-state index in [2.05, 4.69) is 0 Å². The highest BCUT2D eigenvalue weighted by Gasteiger charge is 2.38. The molecule has 1 aliphatic rings. The van der Waals surface area contributed by atoms with E-state index >= 15 is 0 Å². The molecule has 0 saturated carbocycles. The number of fused-ring (bicyclic) bond motifs is 1. The van der Waals surface area contributed by atoms with E-state index in [0.717, 1.165) is 10.4 Å². The second-order valence-electron chi connectivity index (χ2n) is 5.50. The lowest BCUT2D eigenvalue weighted by Crippen LogP contribution is -2.32. The molecule has 2 amide bonds. The van der Waals surface area contributed by atoms with Crippen LogP contribution in [0.5, 0.6) is 0 Å². The Bertz CT molecular complexity index is 1020. The van der Waals surface area contributed by atoms with Crippen LogP contribution >= 0.6 is 22.9 Å². The summed E-state index contributed by atoms with van der Waals surface area (Å²) < 4.78 is 0. The van der Waals surface area contributed by atoms with Crippen molar-refractivity contribution >= 4 is 40.7 Å². The molecule has 1 aliphatic heterocycles. The van der Waals surface area contributed by atoms with E-state index in [1.807, 2.05) is 12.1 Å². The summed E-state index contributed by atoms with van der Waals surface area (Å²) in [6.07, 6.45) is 0. The van der Waals surface area contributed by atoms with Gasteiger partial charge in [-0.05, 0) is 42.0 Å². The van der Waals surface area contributed by atoms with Crippen LogP contribution in [0, 0.1) is 0 Å². The number of halogens is 1. The number of carbonyl (C=O) groups excluding carboxylic acids is 3. The zero-order chi connectivity index (χ0) is 18.3. The number of benzene rings is 2. The molecular formula is C19H10ClNO4S. The first-order valence-electron chi connectivity index (χ1n) is 7.60. The van der Waals surface area contributed by atoms with Gasteiger partial charge in [0.15, 0.2) is 0 Å². The molecule has 0 bridgehead atoms. The second-order valence-corrected chi connectivity index (χ2v) is 7.02. The van der Waals surface area contributed by atoms with Gasteiger partial charge in [-0.25, -0.2) is 4.79 Å². The highest BCUT2D eigenvalue weighted by molar-refractivity contribution is 7.17. The fourth-order valence-electron chi connectivity index (χ4n) is 2.62. The maximum absolute atomic E-state index is 12.4. The van der Waals surface area contributed by atoms with Gasteiger partial charge in [-0.15, -0.1) is 11.3 Å². The summed E-state index contributed by atoms with van der Waals surface area (Å²) >= 11 is 7.18. The minimum atomic E-state index is -0.766. The fraction of sp³-hybridized carbons (Fsp3) is 0. The van der Waals surface area contributed by atoms with E-state index in [9.17, 15) is 14.4 Å². The molecule has 128 valence electrons. The Morgan fingerprint density at radius 3 is 2.27 bits per heavy atom. The average molecular weight is 384 g/mol. The van der Waals surface area contributed by atoms with Gasteiger partial charge in [0.2, 0.25) is 0 Å². The molecule has 0 saturated heterocycles. The Morgan fingerprint density at radius 1 is 0.923 bits per heavy atom. The molecule has 0 fully saturated rings. The summed E-state index contributed by atoms with van der Waals surface area (Å²) in [4.78, 5) is 43.0. The Labute approximate surface area is 157 Å². The molecule has 0 N–H and O–H groups in total. The number of hydrogen-bond donors (Lipinski definition) is 0. The van der Waals surface area contributed by atoms with E-state index in [1.54, 1.807) is 36.4 Å². The standard InChI is InChI=1S/C19H10ClNO4S/c20-12-5-3-4-11(10-12)15-8-9-16(26-15)19(24)25-21-17(22)13-6-1-2-7-14(13)18(21)23/h1-10H. The van der Waals surface area contributed by atoms with Crippen LogP contribution in [0.3, 0.4) is 0 Å². The Balaban J connectivity index is 1.55. The third-order valence-corrected chi connectivity index (χ3v) is 5.20. The highest BCUT2D eigenvalue weighted by Crippen LogP contribution is 2.31. The maximum atomic E-state index is 12.4. The van der Waals surface area contributed by atoms with Crippen LogP contribution in [0.25, 0.3) is 10.4 Å². The lowest BCUT2D eigenvalue weighted by molar-refractivity contribution is -0.0581. The molecule has 5 nitrogen and oxygen atoms in total. The Hall–Kier alpha value is -2.96. The molecule has 26 heavy (non-hydrogen) atoms. The number of rotatable bonds is 3. The number of hydroxylamine groups is 2. The number of imide groups is 1. The zero-order valence-electron chi connectivity index (χ0n) is 13.1. The van der Waals surface area contributed by atoms with E-state index < -0.39 is 17.8 Å². The van der Waals surface area contributed by atoms with Gasteiger partial charge in [0, 0.05) is 9.90 Å². The van der Waals surface area contributed by atoms with E-state index in [1.165, 1.54) is 23.5 Å². The molecule has 0 aliphatic carbocycles. The zero-order valence-corrected chi connectivity index (χ0v) is 14.7. The molecule has 0 unspecified atom stereocenters. The fourth-order valence-corrected chi connectivity index (χ4v) is 3.69. The van der Waals surface area contributed by atoms with Crippen molar-refractivity contribution < 1.29 is 19.2 Å². The lowest BCUT2D eigenvalue weighted by Gasteiger charge is -2.11. The molecular weight excluding hydrogens is 374 g/mol. The minimum absolute atomic E-state index is 0.219. The number of hydrogen-bond acceptors (Lipinski definition) is 5. The summed E-state index contributed by atoms with van der Waals surface area (Å²) in [6.45, 7) is 0. The van der Waals surface area contributed by atoms with Crippen molar-refractivity contribution in [1.29, 1.82) is 0 Å². The molecule has 1 aromatic heterocycles. The Morgan fingerprint density at radius 2 is 1.62 bits per heavy atom.